The van der Waals surface area contributed by atoms with Crippen LogP contribution in [0.25, 0.3) is 0 Å². The van der Waals surface area contributed by atoms with E-state index in [4.69, 9.17) is 5.73 Å². The van der Waals surface area contributed by atoms with Gasteiger partial charge in [0.1, 0.15) is 0 Å². The molecule has 0 radical (unpaired) electrons. The molecule has 0 unspecified atom stereocenters. The first-order valence-electron chi connectivity index (χ1n) is 6.41. The highest BCUT2D eigenvalue weighted by Crippen LogP contribution is 2.14. The molecule has 2 heterocycles. The number of rotatable bonds is 4. The van der Waals surface area contributed by atoms with Crippen LogP contribution in [-0.2, 0) is 12.8 Å². The first-order valence-corrected chi connectivity index (χ1v) is 6.41. The number of carbonyl (C=O) groups excluding carboxylic acids is 1. The molecule has 0 aromatic carbocycles. The summed E-state index contributed by atoms with van der Waals surface area (Å²) >= 11 is 0. The molecule has 106 valence electrons. The van der Waals surface area contributed by atoms with Crippen LogP contribution in [0.3, 0.4) is 0 Å². The molecule has 0 fully saturated rings. The van der Waals surface area contributed by atoms with E-state index in [1.54, 1.807) is 6.92 Å². The lowest BCUT2D eigenvalue weighted by Gasteiger charge is -2.06. The molecule has 8 nitrogen and oxygen atoms in total. The molecule has 0 aliphatic rings. The van der Waals surface area contributed by atoms with Gasteiger partial charge in [0.15, 0.2) is 5.69 Å². The standard InChI is InChI=1S/C12H17N7O/c1-4-7-8(5-2)17-19-12(14-7)15-11(20)10-9(13)6(3)16-18-10/h4-5,13H2,1-3H3,(H,16,18)(H,14,15,19,20). The molecule has 0 aliphatic carbocycles. The number of carbonyl (C=O) groups is 1. The Kier molecular flexibility index (Phi) is 3.92. The van der Waals surface area contributed by atoms with Gasteiger partial charge in [-0.25, -0.2) is 4.98 Å². The Balaban J connectivity index is 2.22. The van der Waals surface area contributed by atoms with E-state index in [1.165, 1.54) is 0 Å². The van der Waals surface area contributed by atoms with Crippen molar-refractivity contribution in [3.63, 3.8) is 0 Å². The number of nitrogens with zero attached hydrogens (tertiary/aromatic N) is 4. The summed E-state index contributed by atoms with van der Waals surface area (Å²) in [6.45, 7) is 5.70. The van der Waals surface area contributed by atoms with Gasteiger partial charge in [-0.05, 0) is 19.8 Å². The highest BCUT2D eigenvalue weighted by atomic mass is 16.2. The van der Waals surface area contributed by atoms with Gasteiger partial charge in [-0.15, -0.1) is 10.2 Å². The van der Waals surface area contributed by atoms with Crippen LogP contribution in [0.5, 0.6) is 0 Å². The van der Waals surface area contributed by atoms with Gasteiger partial charge in [-0.2, -0.15) is 5.10 Å². The summed E-state index contributed by atoms with van der Waals surface area (Å²) in [5.74, 6) is -0.302. The van der Waals surface area contributed by atoms with E-state index >= 15 is 0 Å². The van der Waals surface area contributed by atoms with E-state index in [2.05, 4.69) is 30.7 Å². The van der Waals surface area contributed by atoms with E-state index < -0.39 is 5.91 Å². The summed E-state index contributed by atoms with van der Waals surface area (Å²) in [7, 11) is 0. The van der Waals surface area contributed by atoms with Crippen molar-refractivity contribution in [2.75, 3.05) is 11.1 Å². The van der Waals surface area contributed by atoms with Crippen LogP contribution < -0.4 is 11.1 Å². The number of hydrogen-bond donors (Lipinski definition) is 3. The summed E-state index contributed by atoms with van der Waals surface area (Å²) in [5, 5.41) is 17.0. The number of hydrogen-bond acceptors (Lipinski definition) is 6. The second kappa shape index (κ2) is 5.64. The third-order valence-corrected chi connectivity index (χ3v) is 2.94. The minimum Gasteiger partial charge on any atom is -0.395 e. The average molecular weight is 275 g/mol. The Bertz CT molecular complexity index is 635. The van der Waals surface area contributed by atoms with Gasteiger partial charge < -0.3 is 5.73 Å². The Morgan fingerprint density at radius 3 is 2.50 bits per heavy atom. The van der Waals surface area contributed by atoms with E-state index in [0.717, 1.165) is 24.2 Å². The van der Waals surface area contributed by atoms with Crippen molar-refractivity contribution in [1.82, 2.24) is 25.4 Å². The number of aryl methyl sites for hydroxylation is 3. The van der Waals surface area contributed by atoms with E-state index in [0.29, 0.717) is 11.4 Å². The minimum atomic E-state index is -0.458. The van der Waals surface area contributed by atoms with Crippen LogP contribution in [0.2, 0.25) is 0 Å². The lowest BCUT2D eigenvalue weighted by atomic mass is 10.2. The Morgan fingerprint density at radius 2 is 1.95 bits per heavy atom. The highest BCUT2D eigenvalue weighted by Gasteiger charge is 2.17. The molecule has 0 saturated heterocycles. The molecule has 8 heteroatoms. The third kappa shape index (κ3) is 2.58. The van der Waals surface area contributed by atoms with E-state index in [-0.39, 0.29) is 11.6 Å². The first-order chi connectivity index (χ1) is 9.56. The lowest BCUT2D eigenvalue weighted by molar-refractivity contribution is 0.102. The zero-order valence-electron chi connectivity index (χ0n) is 11.7. The van der Waals surface area contributed by atoms with Crippen molar-refractivity contribution in [2.24, 2.45) is 0 Å². The summed E-state index contributed by atoms with van der Waals surface area (Å²) in [4.78, 5) is 16.3. The zero-order chi connectivity index (χ0) is 14.7. The fourth-order valence-corrected chi connectivity index (χ4v) is 1.76. The molecule has 2 aromatic rings. The Hall–Kier alpha value is -2.51. The summed E-state index contributed by atoms with van der Waals surface area (Å²) < 4.78 is 0. The molecule has 1 amide bonds. The summed E-state index contributed by atoms with van der Waals surface area (Å²) in [6, 6.07) is 0. The maximum Gasteiger partial charge on any atom is 0.280 e. The Morgan fingerprint density at radius 1 is 1.25 bits per heavy atom. The van der Waals surface area contributed by atoms with Gasteiger partial charge in [0.2, 0.25) is 5.95 Å². The normalized spacial score (nSPS) is 10.6. The fraction of sp³-hybridized carbons (Fsp3) is 0.417. The maximum atomic E-state index is 12.0. The van der Waals surface area contributed by atoms with Crippen LogP contribution in [0.4, 0.5) is 11.6 Å². The van der Waals surface area contributed by atoms with Crippen molar-refractivity contribution in [2.45, 2.75) is 33.6 Å². The third-order valence-electron chi connectivity index (χ3n) is 2.94. The van der Waals surface area contributed by atoms with Crippen molar-refractivity contribution in [3.05, 3.63) is 22.8 Å². The number of nitrogen functional groups attached to an aromatic ring is 1. The summed E-state index contributed by atoms with van der Waals surface area (Å²) in [5.41, 5.74) is 8.49. The van der Waals surface area contributed by atoms with Gasteiger partial charge in [0.25, 0.3) is 5.91 Å². The first kappa shape index (κ1) is 13.9. The van der Waals surface area contributed by atoms with Gasteiger partial charge in [-0.3, -0.25) is 15.2 Å². The zero-order valence-corrected chi connectivity index (χ0v) is 11.7. The molecule has 0 atom stereocenters. The van der Waals surface area contributed by atoms with Crippen LogP contribution in [0.1, 0.15) is 41.4 Å². The second-order valence-corrected chi connectivity index (χ2v) is 4.30. The predicted octanol–water partition coefficient (Wildman–Crippen LogP) is 0.862. The Labute approximate surface area is 116 Å². The smallest absolute Gasteiger partial charge is 0.280 e. The molecule has 0 spiro atoms. The molecule has 20 heavy (non-hydrogen) atoms. The van der Waals surface area contributed by atoms with E-state index in [1.807, 2.05) is 13.8 Å². The number of amides is 1. The largest absolute Gasteiger partial charge is 0.395 e. The second-order valence-electron chi connectivity index (χ2n) is 4.30. The van der Waals surface area contributed by atoms with Gasteiger partial charge in [0, 0.05) is 0 Å². The minimum absolute atomic E-state index is 0.128. The van der Waals surface area contributed by atoms with Crippen LogP contribution in [0.15, 0.2) is 0 Å². The molecule has 4 N–H and O–H groups in total. The molecule has 0 saturated carbocycles. The van der Waals surface area contributed by atoms with Gasteiger partial charge in [-0.1, -0.05) is 13.8 Å². The van der Waals surface area contributed by atoms with E-state index in [9.17, 15) is 4.79 Å². The molecule has 2 rings (SSSR count). The average Bonchev–Trinajstić information content (AvgIpc) is 2.79. The predicted molar refractivity (Wildman–Crippen MR) is 74.3 cm³/mol. The number of aromatic amines is 1. The monoisotopic (exact) mass is 275 g/mol. The summed E-state index contributed by atoms with van der Waals surface area (Å²) in [6.07, 6.45) is 1.48. The molecule has 0 bridgehead atoms. The van der Waals surface area contributed by atoms with Crippen LogP contribution >= 0.6 is 0 Å². The van der Waals surface area contributed by atoms with Gasteiger partial charge >= 0.3 is 0 Å². The van der Waals surface area contributed by atoms with Crippen molar-refractivity contribution in [1.29, 1.82) is 0 Å². The number of aromatic nitrogens is 5. The molecule has 2 aromatic heterocycles. The topological polar surface area (TPSA) is 122 Å². The number of nitrogens with two attached hydrogens (primary N) is 1. The quantitative estimate of drug-likeness (QED) is 0.760. The molecule has 0 aliphatic heterocycles. The van der Waals surface area contributed by atoms with Crippen LogP contribution in [0, 0.1) is 6.92 Å². The molecular formula is C12H17N7O. The fourth-order valence-electron chi connectivity index (χ4n) is 1.76. The van der Waals surface area contributed by atoms with Crippen molar-refractivity contribution < 1.29 is 4.79 Å². The van der Waals surface area contributed by atoms with Gasteiger partial charge in [0.05, 0.1) is 22.8 Å². The lowest BCUT2D eigenvalue weighted by Crippen LogP contribution is -2.18. The maximum absolute atomic E-state index is 12.0. The number of nitrogens with one attached hydrogen (secondary N) is 2. The number of anilines is 2. The molecular weight excluding hydrogens is 258 g/mol. The SMILES string of the molecule is CCc1nnc(NC(=O)c2n[nH]c(C)c2N)nc1CC. The van der Waals surface area contributed by atoms with Crippen LogP contribution in [-0.4, -0.2) is 31.3 Å². The van der Waals surface area contributed by atoms with Crippen molar-refractivity contribution >= 4 is 17.5 Å². The number of H-pyrrole nitrogens is 1. The van der Waals surface area contributed by atoms with Crippen molar-refractivity contribution in [3.8, 4) is 0 Å². The highest BCUT2D eigenvalue weighted by molar-refractivity contribution is 6.05.